The highest BCUT2D eigenvalue weighted by Crippen LogP contribution is 2.50. The van der Waals surface area contributed by atoms with Gasteiger partial charge in [-0.25, -0.2) is 0 Å². The second-order valence-corrected chi connectivity index (χ2v) is 6.07. The van der Waals surface area contributed by atoms with E-state index in [-0.39, 0.29) is 0 Å². The highest BCUT2D eigenvalue weighted by Gasteiger charge is 2.18. The third-order valence-corrected chi connectivity index (χ3v) is 4.50. The highest BCUT2D eigenvalue weighted by atomic mass is 35.5. The molecule has 6 heteroatoms. The quantitative estimate of drug-likeness (QED) is 0.675. The summed E-state index contributed by atoms with van der Waals surface area (Å²) in [5.74, 6) is 1.43. The summed E-state index contributed by atoms with van der Waals surface area (Å²) in [6, 6.07) is 5.13. The molecule has 0 aliphatic carbocycles. The maximum atomic E-state index is 12.1. The van der Waals surface area contributed by atoms with Gasteiger partial charge in [0, 0.05) is 5.82 Å². The minimum atomic E-state index is -3.17. The molecule has 18 heavy (non-hydrogen) atoms. The molecule has 0 aliphatic heterocycles. The Balaban J connectivity index is 2.88. The maximum Gasteiger partial charge on any atom is 0.354 e. The van der Waals surface area contributed by atoms with Crippen LogP contribution in [0.25, 0.3) is 6.08 Å². The molecule has 0 unspecified atom stereocenters. The van der Waals surface area contributed by atoms with Crippen molar-refractivity contribution in [3.05, 3.63) is 39.6 Å². The monoisotopic (exact) mass is 308 g/mol. The number of hydrogen-bond donors (Lipinski definition) is 0. The van der Waals surface area contributed by atoms with Crippen LogP contribution in [0.4, 0.5) is 0 Å². The minimum Gasteiger partial charge on any atom is -0.306 e. The van der Waals surface area contributed by atoms with E-state index in [1.165, 1.54) is 5.82 Å². The topological polar surface area (TPSA) is 35.5 Å². The van der Waals surface area contributed by atoms with Gasteiger partial charge < -0.3 is 9.05 Å². The first kappa shape index (κ1) is 15.7. The average molecular weight is 309 g/mol. The van der Waals surface area contributed by atoms with Crippen molar-refractivity contribution in [3.8, 4) is 0 Å². The first-order valence-corrected chi connectivity index (χ1v) is 7.90. The summed E-state index contributed by atoms with van der Waals surface area (Å²) in [4.78, 5) is 0. The molecule has 0 aromatic heterocycles. The second-order valence-electron chi connectivity index (χ2n) is 3.36. The fraction of sp³-hybridized carbons (Fsp3) is 0.333. The molecule has 0 N–H and O–H groups in total. The van der Waals surface area contributed by atoms with E-state index < -0.39 is 7.60 Å². The summed E-state index contributed by atoms with van der Waals surface area (Å²) in [5.41, 5.74) is 0.782. The smallest absolute Gasteiger partial charge is 0.306 e. The molecule has 0 atom stereocenters. The average Bonchev–Trinajstić information content (AvgIpc) is 2.32. The molecule has 3 nitrogen and oxygen atoms in total. The van der Waals surface area contributed by atoms with Gasteiger partial charge in [0.15, 0.2) is 0 Å². The predicted molar refractivity (Wildman–Crippen MR) is 76.4 cm³/mol. The SMILES string of the molecule is CCOP(=O)(C=Cc1ccc(Cl)c(Cl)c1)OCC. The van der Waals surface area contributed by atoms with Gasteiger partial charge in [-0.05, 0) is 37.6 Å². The molecule has 1 aromatic carbocycles. The Hall–Kier alpha value is -0.310. The van der Waals surface area contributed by atoms with Crippen LogP contribution in [0.5, 0.6) is 0 Å². The van der Waals surface area contributed by atoms with E-state index in [0.29, 0.717) is 23.3 Å². The summed E-state index contributed by atoms with van der Waals surface area (Å²) in [6.45, 7) is 4.17. The molecule has 0 amide bonds. The Labute approximate surface area is 117 Å². The molecule has 0 aliphatic rings. The van der Waals surface area contributed by atoms with Crippen molar-refractivity contribution < 1.29 is 13.6 Å². The molecule has 0 heterocycles. The first-order valence-electron chi connectivity index (χ1n) is 5.54. The van der Waals surface area contributed by atoms with Gasteiger partial charge in [-0.15, -0.1) is 0 Å². The first-order chi connectivity index (χ1) is 8.50. The van der Waals surface area contributed by atoms with Crippen molar-refractivity contribution in [3.63, 3.8) is 0 Å². The van der Waals surface area contributed by atoms with Crippen LogP contribution in [0.3, 0.4) is 0 Å². The fourth-order valence-corrected chi connectivity index (χ4v) is 2.90. The van der Waals surface area contributed by atoms with Crippen molar-refractivity contribution in [2.45, 2.75) is 13.8 Å². The van der Waals surface area contributed by atoms with Crippen molar-refractivity contribution in [1.82, 2.24) is 0 Å². The molecule has 0 fully saturated rings. The lowest BCUT2D eigenvalue weighted by molar-refractivity contribution is 0.229. The largest absolute Gasteiger partial charge is 0.354 e. The van der Waals surface area contributed by atoms with Crippen LogP contribution in [-0.2, 0) is 13.6 Å². The van der Waals surface area contributed by atoms with Gasteiger partial charge in [-0.3, -0.25) is 4.57 Å². The summed E-state index contributed by atoms with van der Waals surface area (Å²) >= 11 is 11.7. The van der Waals surface area contributed by atoms with Crippen LogP contribution in [0, 0.1) is 0 Å². The summed E-state index contributed by atoms with van der Waals surface area (Å²) in [6.07, 6.45) is 1.65. The van der Waals surface area contributed by atoms with Crippen LogP contribution >= 0.6 is 30.8 Å². The van der Waals surface area contributed by atoms with E-state index in [1.807, 2.05) is 0 Å². The third kappa shape index (κ3) is 4.75. The zero-order valence-corrected chi connectivity index (χ0v) is 12.6. The lowest BCUT2D eigenvalue weighted by Crippen LogP contribution is -1.92. The zero-order chi connectivity index (χ0) is 13.6. The lowest BCUT2D eigenvalue weighted by Gasteiger charge is -2.12. The van der Waals surface area contributed by atoms with Crippen molar-refractivity contribution in [2.24, 2.45) is 0 Å². The number of rotatable bonds is 6. The standard InChI is InChI=1S/C12H15Cl2O3P/c1-3-16-18(15,17-4-2)8-7-10-5-6-11(13)12(14)9-10/h5-9H,3-4H2,1-2H3. The van der Waals surface area contributed by atoms with Gasteiger partial charge >= 0.3 is 7.60 Å². The molecule has 100 valence electrons. The Morgan fingerprint density at radius 3 is 2.28 bits per heavy atom. The van der Waals surface area contributed by atoms with Gasteiger partial charge in [0.05, 0.1) is 23.3 Å². The van der Waals surface area contributed by atoms with Gasteiger partial charge in [0.2, 0.25) is 0 Å². The van der Waals surface area contributed by atoms with Crippen LogP contribution in [0.15, 0.2) is 24.0 Å². The van der Waals surface area contributed by atoms with Crippen molar-refractivity contribution >= 4 is 36.9 Å². The number of benzene rings is 1. The van der Waals surface area contributed by atoms with E-state index in [1.54, 1.807) is 38.1 Å². The van der Waals surface area contributed by atoms with Crippen LogP contribution < -0.4 is 0 Å². The zero-order valence-electron chi connectivity index (χ0n) is 10.2. The molecule has 0 saturated carbocycles. The molecule has 0 radical (unpaired) electrons. The van der Waals surface area contributed by atoms with Crippen molar-refractivity contribution in [1.29, 1.82) is 0 Å². The Kier molecular flexibility index (Phi) is 6.40. The Morgan fingerprint density at radius 1 is 1.17 bits per heavy atom. The maximum absolute atomic E-state index is 12.1. The fourth-order valence-electron chi connectivity index (χ4n) is 1.28. The minimum absolute atomic E-state index is 0.322. The molecule has 1 aromatic rings. The molecule has 0 saturated heterocycles. The van der Waals surface area contributed by atoms with E-state index in [9.17, 15) is 4.57 Å². The molecular weight excluding hydrogens is 294 g/mol. The van der Waals surface area contributed by atoms with Crippen LogP contribution in [0.1, 0.15) is 19.4 Å². The van der Waals surface area contributed by atoms with Crippen LogP contribution in [-0.4, -0.2) is 13.2 Å². The van der Waals surface area contributed by atoms with E-state index >= 15 is 0 Å². The molecule has 0 spiro atoms. The van der Waals surface area contributed by atoms with E-state index in [4.69, 9.17) is 32.2 Å². The van der Waals surface area contributed by atoms with E-state index in [0.717, 1.165) is 5.56 Å². The summed E-state index contributed by atoms with van der Waals surface area (Å²) < 4.78 is 22.4. The van der Waals surface area contributed by atoms with Gasteiger partial charge in [-0.1, -0.05) is 29.3 Å². The number of hydrogen-bond acceptors (Lipinski definition) is 3. The summed E-state index contributed by atoms with van der Waals surface area (Å²) in [7, 11) is -3.17. The highest BCUT2D eigenvalue weighted by molar-refractivity contribution is 7.57. The normalized spacial score (nSPS) is 12.2. The third-order valence-electron chi connectivity index (χ3n) is 2.01. The molecular formula is C12H15Cl2O3P. The predicted octanol–water partition coefficient (Wildman–Crippen LogP) is 5.23. The van der Waals surface area contributed by atoms with Gasteiger partial charge in [0.25, 0.3) is 0 Å². The van der Waals surface area contributed by atoms with E-state index in [2.05, 4.69) is 0 Å². The number of halogens is 2. The Bertz CT molecular complexity index is 464. The second kappa shape index (κ2) is 7.32. The Morgan fingerprint density at radius 2 is 1.78 bits per heavy atom. The van der Waals surface area contributed by atoms with Gasteiger partial charge in [-0.2, -0.15) is 0 Å². The molecule has 0 bridgehead atoms. The molecule has 1 rings (SSSR count). The van der Waals surface area contributed by atoms with Crippen molar-refractivity contribution in [2.75, 3.05) is 13.2 Å². The lowest BCUT2D eigenvalue weighted by atomic mass is 10.2. The summed E-state index contributed by atoms with van der Waals surface area (Å²) in [5, 5.41) is 0.924. The van der Waals surface area contributed by atoms with Crippen LogP contribution in [0.2, 0.25) is 10.0 Å². The van der Waals surface area contributed by atoms with Gasteiger partial charge in [0.1, 0.15) is 0 Å².